The van der Waals surface area contributed by atoms with Crippen LogP contribution in [0.25, 0.3) is 0 Å². The van der Waals surface area contributed by atoms with E-state index in [4.69, 9.17) is 11.6 Å². The molecule has 0 aromatic carbocycles. The van der Waals surface area contributed by atoms with Crippen LogP contribution in [0, 0.1) is 0 Å². The Kier molecular flexibility index (Phi) is 5.44. The third kappa shape index (κ3) is 3.67. The number of nitrogens with zero attached hydrogens (tertiary/aromatic N) is 1. The van der Waals surface area contributed by atoms with E-state index >= 15 is 0 Å². The summed E-state index contributed by atoms with van der Waals surface area (Å²) < 4.78 is 0. The minimum absolute atomic E-state index is 0.0959. The van der Waals surface area contributed by atoms with E-state index in [0.717, 1.165) is 12.8 Å². The molecule has 0 aliphatic heterocycles. The van der Waals surface area contributed by atoms with Gasteiger partial charge in [0.1, 0.15) is 5.88 Å². The largest absolute Gasteiger partial charge is 0.336 e. The first-order valence-corrected chi connectivity index (χ1v) is 6.57. The highest BCUT2D eigenvalue weighted by atomic mass is 35.5. The molecule has 15 heavy (non-hydrogen) atoms. The van der Waals surface area contributed by atoms with Crippen LogP contribution in [-0.4, -0.2) is 28.8 Å². The van der Waals surface area contributed by atoms with Gasteiger partial charge in [0.05, 0.1) is 0 Å². The average molecular weight is 232 g/mol. The Morgan fingerprint density at radius 1 is 1.27 bits per heavy atom. The second kappa shape index (κ2) is 6.37. The lowest BCUT2D eigenvalue weighted by molar-refractivity contribution is -0.133. The van der Waals surface area contributed by atoms with Gasteiger partial charge >= 0.3 is 0 Å². The van der Waals surface area contributed by atoms with Crippen molar-refractivity contribution in [3.63, 3.8) is 0 Å². The van der Waals surface area contributed by atoms with Gasteiger partial charge in [-0.15, -0.1) is 11.6 Å². The van der Waals surface area contributed by atoms with Gasteiger partial charge in [0, 0.05) is 12.1 Å². The molecule has 0 radical (unpaired) electrons. The SMILES string of the molecule is CC(C)N(C(=O)CCl)C1CCCCCC1. The highest BCUT2D eigenvalue weighted by Gasteiger charge is 2.25. The maximum Gasteiger partial charge on any atom is 0.237 e. The molecule has 1 fully saturated rings. The summed E-state index contributed by atoms with van der Waals surface area (Å²) in [4.78, 5) is 13.8. The Balaban J connectivity index is 2.64. The lowest BCUT2D eigenvalue weighted by atomic mass is 10.1. The van der Waals surface area contributed by atoms with Crippen LogP contribution in [0.2, 0.25) is 0 Å². The van der Waals surface area contributed by atoms with E-state index in [-0.39, 0.29) is 17.8 Å². The summed E-state index contributed by atoms with van der Waals surface area (Å²) in [5, 5.41) is 0. The summed E-state index contributed by atoms with van der Waals surface area (Å²) in [6, 6.07) is 0.707. The van der Waals surface area contributed by atoms with Crippen LogP contribution in [0.5, 0.6) is 0 Å². The molecular formula is C12H22ClNO. The zero-order chi connectivity index (χ0) is 11.3. The molecule has 1 amide bonds. The normalized spacial score (nSPS) is 18.9. The predicted molar refractivity (Wildman–Crippen MR) is 64.2 cm³/mol. The second-order valence-corrected chi connectivity index (χ2v) is 4.94. The van der Waals surface area contributed by atoms with Crippen LogP contribution < -0.4 is 0 Å². The topological polar surface area (TPSA) is 20.3 Å². The van der Waals surface area contributed by atoms with Crippen LogP contribution in [0.15, 0.2) is 0 Å². The number of halogens is 1. The number of hydrogen-bond donors (Lipinski definition) is 0. The number of carbonyl (C=O) groups excluding carboxylic acids is 1. The molecule has 2 nitrogen and oxygen atoms in total. The van der Waals surface area contributed by atoms with E-state index in [9.17, 15) is 4.79 Å². The first-order valence-electron chi connectivity index (χ1n) is 6.04. The molecule has 0 heterocycles. The van der Waals surface area contributed by atoms with Crippen LogP contribution in [0.3, 0.4) is 0 Å². The number of alkyl halides is 1. The van der Waals surface area contributed by atoms with Gasteiger partial charge in [0.2, 0.25) is 5.91 Å². The van der Waals surface area contributed by atoms with Gasteiger partial charge in [0.15, 0.2) is 0 Å². The Hall–Kier alpha value is -0.240. The lowest BCUT2D eigenvalue weighted by Gasteiger charge is -2.34. The minimum Gasteiger partial charge on any atom is -0.336 e. The quantitative estimate of drug-likeness (QED) is 0.540. The first-order chi connectivity index (χ1) is 7.16. The van der Waals surface area contributed by atoms with Crippen molar-refractivity contribution in [2.24, 2.45) is 0 Å². The molecule has 0 unspecified atom stereocenters. The predicted octanol–water partition coefficient (Wildman–Crippen LogP) is 3.19. The molecule has 0 atom stereocenters. The van der Waals surface area contributed by atoms with Gasteiger partial charge in [-0.1, -0.05) is 25.7 Å². The van der Waals surface area contributed by atoms with E-state index in [1.807, 2.05) is 4.90 Å². The molecule has 0 aromatic heterocycles. The van der Waals surface area contributed by atoms with Gasteiger partial charge in [-0.25, -0.2) is 0 Å². The summed E-state index contributed by atoms with van der Waals surface area (Å²) in [5.41, 5.74) is 0. The third-order valence-electron chi connectivity index (χ3n) is 3.18. The summed E-state index contributed by atoms with van der Waals surface area (Å²) in [5.74, 6) is 0.216. The Bertz CT molecular complexity index is 198. The van der Waals surface area contributed by atoms with Crippen molar-refractivity contribution in [3.8, 4) is 0 Å². The molecule has 1 saturated carbocycles. The second-order valence-electron chi connectivity index (χ2n) is 4.67. The molecule has 88 valence electrons. The van der Waals surface area contributed by atoms with Crippen molar-refractivity contribution >= 4 is 17.5 Å². The Morgan fingerprint density at radius 3 is 2.20 bits per heavy atom. The molecule has 1 aliphatic carbocycles. The molecule has 0 bridgehead atoms. The number of rotatable bonds is 3. The molecule has 3 heteroatoms. The molecule has 0 saturated heterocycles. The maximum absolute atomic E-state index is 11.8. The number of carbonyl (C=O) groups is 1. The van der Waals surface area contributed by atoms with Crippen molar-refractivity contribution in [2.75, 3.05) is 5.88 Å². The average Bonchev–Trinajstić information content (AvgIpc) is 2.46. The molecule has 0 aromatic rings. The monoisotopic (exact) mass is 231 g/mol. The smallest absolute Gasteiger partial charge is 0.237 e. The van der Waals surface area contributed by atoms with Crippen molar-refractivity contribution in [1.29, 1.82) is 0 Å². The Labute approximate surface area is 98.0 Å². The standard InChI is InChI=1S/C12H22ClNO/c1-10(2)14(12(15)9-13)11-7-5-3-4-6-8-11/h10-11H,3-9H2,1-2H3. The van der Waals surface area contributed by atoms with Crippen molar-refractivity contribution in [2.45, 2.75) is 64.5 Å². The van der Waals surface area contributed by atoms with E-state index in [0.29, 0.717) is 6.04 Å². The highest BCUT2D eigenvalue weighted by Crippen LogP contribution is 2.23. The number of amides is 1. The zero-order valence-electron chi connectivity index (χ0n) is 9.84. The lowest BCUT2D eigenvalue weighted by Crippen LogP contribution is -2.45. The van der Waals surface area contributed by atoms with Gasteiger partial charge in [0.25, 0.3) is 0 Å². The fourth-order valence-corrected chi connectivity index (χ4v) is 2.66. The van der Waals surface area contributed by atoms with E-state index in [1.54, 1.807) is 0 Å². The van der Waals surface area contributed by atoms with E-state index < -0.39 is 0 Å². The van der Waals surface area contributed by atoms with Gasteiger partial charge in [-0.2, -0.15) is 0 Å². The third-order valence-corrected chi connectivity index (χ3v) is 3.41. The summed E-state index contributed by atoms with van der Waals surface area (Å²) in [6.07, 6.45) is 7.45. The highest BCUT2D eigenvalue weighted by molar-refractivity contribution is 6.27. The molecule has 0 N–H and O–H groups in total. The van der Waals surface area contributed by atoms with Gasteiger partial charge < -0.3 is 4.90 Å². The zero-order valence-corrected chi connectivity index (χ0v) is 10.6. The fourth-order valence-electron chi connectivity index (χ4n) is 2.52. The summed E-state index contributed by atoms with van der Waals surface area (Å²) in [6.45, 7) is 4.16. The molecule has 0 spiro atoms. The summed E-state index contributed by atoms with van der Waals surface area (Å²) >= 11 is 5.66. The molecule has 1 aliphatic rings. The van der Waals surface area contributed by atoms with E-state index in [2.05, 4.69) is 13.8 Å². The van der Waals surface area contributed by atoms with Gasteiger partial charge in [-0.3, -0.25) is 4.79 Å². The van der Waals surface area contributed by atoms with Gasteiger partial charge in [-0.05, 0) is 26.7 Å². The number of hydrogen-bond acceptors (Lipinski definition) is 1. The van der Waals surface area contributed by atoms with Crippen molar-refractivity contribution in [1.82, 2.24) is 4.90 Å². The fraction of sp³-hybridized carbons (Fsp3) is 0.917. The summed E-state index contributed by atoms with van der Waals surface area (Å²) in [7, 11) is 0. The molecule has 1 rings (SSSR count). The van der Waals surface area contributed by atoms with E-state index in [1.165, 1.54) is 25.7 Å². The Morgan fingerprint density at radius 2 is 1.80 bits per heavy atom. The van der Waals surface area contributed by atoms with Crippen LogP contribution in [0.1, 0.15) is 52.4 Å². The van der Waals surface area contributed by atoms with Crippen LogP contribution >= 0.6 is 11.6 Å². The van der Waals surface area contributed by atoms with Crippen LogP contribution in [0.4, 0.5) is 0 Å². The van der Waals surface area contributed by atoms with Crippen LogP contribution in [-0.2, 0) is 4.79 Å². The maximum atomic E-state index is 11.8. The molecular weight excluding hydrogens is 210 g/mol. The first kappa shape index (κ1) is 12.8. The van der Waals surface area contributed by atoms with Crippen molar-refractivity contribution in [3.05, 3.63) is 0 Å². The van der Waals surface area contributed by atoms with Crippen molar-refractivity contribution < 1.29 is 4.79 Å². The minimum atomic E-state index is 0.0959.